The van der Waals surface area contributed by atoms with Gasteiger partial charge in [-0.15, -0.1) is 0 Å². The molecule has 0 aromatic carbocycles. The molecule has 0 saturated heterocycles. The largest absolute Gasteiger partial charge is 0.480 e. The van der Waals surface area contributed by atoms with Gasteiger partial charge in [0, 0.05) is 48.3 Å². The van der Waals surface area contributed by atoms with Gasteiger partial charge in [-0.2, -0.15) is 11.8 Å². The molecule has 1 unspecified atom stereocenters. The Morgan fingerprint density at radius 3 is 3.00 bits per heavy atom. The number of fused-ring (bicyclic) bond motifs is 2. The molecule has 4 atom stereocenters. The summed E-state index contributed by atoms with van der Waals surface area (Å²) in [7, 11) is 0. The van der Waals surface area contributed by atoms with E-state index in [9.17, 15) is 9.90 Å². The molecule has 0 bridgehead atoms. The first-order chi connectivity index (χ1) is 14.6. The van der Waals surface area contributed by atoms with Crippen molar-refractivity contribution in [1.82, 2.24) is 10.2 Å². The van der Waals surface area contributed by atoms with Crippen LogP contribution in [-0.4, -0.2) is 64.9 Å². The van der Waals surface area contributed by atoms with Crippen LogP contribution >= 0.6 is 11.8 Å². The van der Waals surface area contributed by atoms with Gasteiger partial charge in [-0.25, -0.2) is 0 Å². The Labute approximate surface area is 183 Å². The number of carbonyl (C=O) groups is 1. The van der Waals surface area contributed by atoms with Crippen molar-refractivity contribution in [2.75, 3.05) is 25.1 Å². The molecule has 2 aliphatic carbocycles. The quantitative estimate of drug-likeness (QED) is 0.622. The lowest BCUT2D eigenvalue weighted by molar-refractivity contribution is -0.142. The summed E-state index contributed by atoms with van der Waals surface area (Å²) in [6, 6.07) is -0.0576. The van der Waals surface area contributed by atoms with Crippen molar-refractivity contribution < 1.29 is 9.90 Å². The van der Waals surface area contributed by atoms with Crippen LogP contribution in [0.2, 0.25) is 0 Å². The first-order valence-corrected chi connectivity index (χ1v) is 12.2. The summed E-state index contributed by atoms with van der Waals surface area (Å²) >= 11 is 1.59. The Bertz CT molecular complexity index is 839. The fraction of sp³-hybridized carbons (Fsp3) is 0.500. The summed E-state index contributed by atoms with van der Waals surface area (Å²) < 4.78 is 0. The van der Waals surface area contributed by atoms with E-state index in [4.69, 9.17) is 4.99 Å². The van der Waals surface area contributed by atoms with Crippen molar-refractivity contribution in [3.63, 3.8) is 0 Å². The molecule has 0 aromatic rings. The Kier molecular flexibility index (Phi) is 7.08. The normalized spacial score (nSPS) is 28.3. The second kappa shape index (κ2) is 9.94. The average Bonchev–Trinajstić information content (AvgIpc) is 2.76. The van der Waals surface area contributed by atoms with Crippen molar-refractivity contribution >= 4 is 23.4 Å². The van der Waals surface area contributed by atoms with E-state index in [1.54, 1.807) is 11.8 Å². The topological polar surface area (TPSA) is 64.9 Å². The third-order valence-corrected chi connectivity index (χ3v) is 6.96. The summed E-state index contributed by atoms with van der Waals surface area (Å²) in [4.78, 5) is 19.1. The maximum absolute atomic E-state index is 12.1. The number of thioether (sulfide) groups is 1. The number of nitrogens with zero attached hydrogens (tertiary/aromatic N) is 2. The molecule has 6 heteroatoms. The predicted octanol–water partition coefficient (Wildman–Crippen LogP) is 3.58. The number of aliphatic imine (C=N–C) groups is 1. The SMILES string of the molecule is CSCC(C(=O)O)N(CC1=NC2=CC=CC[C@H]2CC1)C[C@@H]1C=CC2=CC=CC[C@@H]2N1. The van der Waals surface area contributed by atoms with Crippen LogP contribution in [0, 0.1) is 5.92 Å². The van der Waals surface area contributed by atoms with Crippen LogP contribution in [0.4, 0.5) is 0 Å². The molecule has 0 fully saturated rings. The van der Waals surface area contributed by atoms with E-state index in [0.717, 1.165) is 37.1 Å². The lowest BCUT2D eigenvalue weighted by Gasteiger charge is -2.36. The Morgan fingerprint density at radius 2 is 2.17 bits per heavy atom. The maximum Gasteiger partial charge on any atom is 0.321 e. The molecule has 4 rings (SSSR count). The second-order valence-electron chi connectivity index (χ2n) is 8.42. The van der Waals surface area contributed by atoms with Gasteiger partial charge in [0.05, 0.1) is 0 Å². The Balaban J connectivity index is 1.51. The Morgan fingerprint density at radius 1 is 1.33 bits per heavy atom. The van der Waals surface area contributed by atoms with Gasteiger partial charge in [-0.1, -0.05) is 42.5 Å². The number of aliphatic carboxylic acids is 1. The highest BCUT2D eigenvalue weighted by atomic mass is 32.2. The number of carboxylic acid groups (broad SMARTS) is 1. The van der Waals surface area contributed by atoms with E-state index >= 15 is 0 Å². The van der Waals surface area contributed by atoms with Crippen molar-refractivity contribution in [3.05, 3.63) is 59.9 Å². The monoisotopic (exact) mass is 425 g/mol. The number of carboxylic acids is 1. The third-order valence-electron chi connectivity index (χ3n) is 6.31. The van der Waals surface area contributed by atoms with E-state index < -0.39 is 12.0 Å². The standard InChI is InChI=1S/C24H31N3O2S/c1-30-16-23(24(28)29)27(14-19-12-10-17-6-2-4-8-21(17)25-19)15-20-13-11-18-7-3-5-9-22(18)26-20/h2-6,9-10,12,18-19,21,23,25H,7-8,11,13-16H2,1H3,(H,28,29)/t18-,19-,21-,23?/m0/s1. The van der Waals surface area contributed by atoms with Crippen LogP contribution in [0.3, 0.4) is 0 Å². The van der Waals surface area contributed by atoms with Crippen LogP contribution < -0.4 is 5.32 Å². The number of hydrogen-bond donors (Lipinski definition) is 2. The molecule has 2 aliphatic heterocycles. The average molecular weight is 426 g/mol. The zero-order valence-electron chi connectivity index (χ0n) is 17.5. The molecule has 160 valence electrons. The predicted molar refractivity (Wildman–Crippen MR) is 125 cm³/mol. The van der Waals surface area contributed by atoms with E-state index in [0.29, 0.717) is 30.8 Å². The molecular formula is C24H31N3O2S. The molecular weight excluding hydrogens is 394 g/mol. The van der Waals surface area contributed by atoms with Crippen LogP contribution in [0.1, 0.15) is 25.7 Å². The lowest BCUT2D eigenvalue weighted by Crippen LogP contribution is -2.53. The first kappa shape index (κ1) is 21.3. The third kappa shape index (κ3) is 5.05. The van der Waals surface area contributed by atoms with Crippen LogP contribution in [0.15, 0.2) is 64.9 Å². The van der Waals surface area contributed by atoms with Gasteiger partial charge in [0.25, 0.3) is 0 Å². The van der Waals surface area contributed by atoms with Crippen molar-refractivity contribution in [1.29, 1.82) is 0 Å². The highest BCUT2D eigenvalue weighted by molar-refractivity contribution is 7.98. The lowest BCUT2D eigenvalue weighted by atomic mass is 9.88. The van der Waals surface area contributed by atoms with E-state index in [1.807, 2.05) is 6.26 Å². The van der Waals surface area contributed by atoms with Crippen molar-refractivity contribution in [3.8, 4) is 0 Å². The molecule has 0 saturated carbocycles. The van der Waals surface area contributed by atoms with Gasteiger partial charge in [0.1, 0.15) is 6.04 Å². The highest BCUT2D eigenvalue weighted by Gasteiger charge is 2.31. The number of allylic oxidation sites excluding steroid dienone is 6. The van der Waals surface area contributed by atoms with Crippen LogP contribution in [-0.2, 0) is 4.79 Å². The molecule has 0 radical (unpaired) electrons. The molecule has 0 aromatic heterocycles. The van der Waals surface area contributed by atoms with Gasteiger partial charge >= 0.3 is 5.97 Å². The molecule has 2 N–H and O–H groups in total. The fourth-order valence-electron chi connectivity index (χ4n) is 4.67. The minimum absolute atomic E-state index is 0.135. The van der Waals surface area contributed by atoms with Gasteiger partial charge in [0.15, 0.2) is 0 Å². The number of hydrogen-bond acceptors (Lipinski definition) is 5. The van der Waals surface area contributed by atoms with Gasteiger partial charge in [-0.05, 0) is 43.6 Å². The van der Waals surface area contributed by atoms with Crippen LogP contribution in [0.5, 0.6) is 0 Å². The minimum Gasteiger partial charge on any atom is -0.480 e. The van der Waals surface area contributed by atoms with Gasteiger partial charge in [0.2, 0.25) is 0 Å². The van der Waals surface area contributed by atoms with E-state index in [2.05, 4.69) is 58.8 Å². The Hall–Kier alpha value is -1.89. The molecule has 0 amide bonds. The minimum atomic E-state index is -0.751. The van der Waals surface area contributed by atoms with Crippen molar-refractivity contribution in [2.45, 2.75) is 43.8 Å². The van der Waals surface area contributed by atoms with E-state index in [1.165, 1.54) is 5.57 Å². The molecule has 30 heavy (non-hydrogen) atoms. The van der Waals surface area contributed by atoms with Gasteiger partial charge in [-0.3, -0.25) is 14.7 Å². The molecule has 5 nitrogen and oxygen atoms in total. The smallest absolute Gasteiger partial charge is 0.321 e. The van der Waals surface area contributed by atoms with Crippen molar-refractivity contribution in [2.24, 2.45) is 10.9 Å². The van der Waals surface area contributed by atoms with Gasteiger partial charge < -0.3 is 10.4 Å². The molecule has 0 spiro atoms. The molecule has 4 aliphatic rings. The summed E-state index contributed by atoms with van der Waals surface area (Å²) in [6.45, 7) is 1.29. The second-order valence-corrected chi connectivity index (χ2v) is 9.33. The zero-order valence-corrected chi connectivity index (χ0v) is 18.4. The highest BCUT2D eigenvalue weighted by Crippen LogP contribution is 2.31. The number of rotatable bonds is 8. The summed E-state index contributed by atoms with van der Waals surface area (Å²) in [5, 5.41) is 13.6. The summed E-state index contributed by atoms with van der Waals surface area (Å²) in [6.07, 6.45) is 23.3. The summed E-state index contributed by atoms with van der Waals surface area (Å²) in [5.41, 5.74) is 3.58. The first-order valence-electron chi connectivity index (χ1n) is 10.8. The van der Waals surface area contributed by atoms with Crippen LogP contribution in [0.25, 0.3) is 0 Å². The zero-order chi connectivity index (χ0) is 20.9. The summed E-state index contributed by atoms with van der Waals surface area (Å²) in [5.74, 6) is 0.352. The maximum atomic E-state index is 12.1. The molecule has 2 heterocycles. The fourth-order valence-corrected chi connectivity index (χ4v) is 5.34. The number of nitrogens with one attached hydrogen (secondary N) is 1. The van der Waals surface area contributed by atoms with E-state index in [-0.39, 0.29) is 6.04 Å².